The van der Waals surface area contributed by atoms with Gasteiger partial charge in [0.15, 0.2) is 5.78 Å². The number of carbonyl (C=O) groups is 3. The molecule has 6 nitrogen and oxygen atoms in total. The maximum atomic E-state index is 16.6. The van der Waals surface area contributed by atoms with Crippen molar-refractivity contribution < 1.29 is 23.2 Å². The number of hydrogen-bond acceptors (Lipinski definition) is 4. The number of alkyl carbamates (subject to hydrolysis) is 1. The van der Waals surface area contributed by atoms with Gasteiger partial charge in [0, 0.05) is 18.0 Å². The third-order valence-electron chi connectivity index (χ3n) is 8.21. The first-order valence-electron chi connectivity index (χ1n) is 14.3. The van der Waals surface area contributed by atoms with Crippen molar-refractivity contribution in [1.82, 2.24) is 10.6 Å². The lowest BCUT2D eigenvalue weighted by Crippen LogP contribution is -2.57. The molecule has 0 heterocycles. The van der Waals surface area contributed by atoms with Gasteiger partial charge in [-0.1, -0.05) is 102 Å². The Bertz CT molecular complexity index is 1410. The number of Topliss-reactive ketones (excluding diaryl/α,β-unsaturated/α-hetero) is 1. The zero-order valence-corrected chi connectivity index (χ0v) is 26.5. The smallest absolute Gasteiger partial charge is 0.407 e. The third-order valence-corrected chi connectivity index (χ3v) is 13.5. The van der Waals surface area contributed by atoms with E-state index < -0.39 is 36.5 Å². The Morgan fingerprint density at radius 2 is 1.33 bits per heavy atom. The molecule has 8 heteroatoms. The minimum Gasteiger partial charge on any atom is -0.449 e. The summed E-state index contributed by atoms with van der Waals surface area (Å²) in [4.78, 5) is 37.9. The number of fused-ring (bicyclic) bond motifs is 3. The van der Waals surface area contributed by atoms with Crippen LogP contribution in [0.4, 0.5) is 8.90 Å². The zero-order chi connectivity index (χ0) is 30.9. The van der Waals surface area contributed by atoms with E-state index in [1.54, 1.807) is 24.3 Å². The van der Waals surface area contributed by atoms with Gasteiger partial charge in [-0.2, -0.15) is 0 Å². The molecule has 1 aliphatic carbocycles. The van der Waals surface area contributed by atoms with Crippen LogP contribution in [-0.2, 0) is 9.53 Å². The van der Waals surface area contributed by atoms with Gasteiger partial charge in [0.25, 0.3) is 14.3 Å². The van der Waals surface area contributed by atoms with E-state index in [1.165, 1.54) is 6.92 Å². The van der Waals surface area contributed by atoms with E-state index in [4.69, 9.17) is 4.74 Å². The van der Waals surface area contributed by atoms with E-state index >= 15 is 4.11 Å². The van der Waals surface area contributed by atoms with Gasteiger partial charge in [-0.25, -0.2) is 4.79 Å². The Labute approximate surface area is 249 Å². The van der Waals surface area contributed by atoms with Crippen molar-refractivity contribution in [2.45, 2.75) is 70.5 Å². The summed E-state index contributed by atoms with van der Waals surface area (Å²) < 4.78 is 22.2. The second-order valence-electron chi connectivity index (χ2n) is 13.1. The summed E-state index contributed by atoms with van der Waals surface area (Å²) >= 11 is 0. The van der Waals surface area contributed by atoms with Crippen LogP contribution in [0.15, 0.2) is 72.8 Å². The highest BCUT2D eigenvalue weighted by Gasteiger charge is 2.56. The van der Waals surface area contributed by atoms with Crippen LogP contribution in [0.1, 0.15) is 75.9 Å². The highest BCUT2D eigenvalue weighted by Crippen LogP contribution is 2.51. The molecule has 4 rings (SSSR count). The topological polar surface area (TPSA) is 84.5 Å². The van der Waals surface area contributed by atoms with E-state index in [9.17, 15) is 14.4 Å². The fraction of sp³-hybridized carbons (Fsp3) is 0.382. The molecule has 1 aliphatic rings. The fourth-order valence-corrected chi connectivity index (χ4v) is 10.8. The summed E-state index contributed by atoms with van der Waals surface area (Å²) in [6.07, 6.45) is -0.732. The third kappa shape index (κ3) is 6.04. The Kier molecular flexibility index (Phi) is 8.78. The number of benzene rings is 3. The molecule has 0 radical (unpaired) electrons. The van der Waals surface area contributed by atoms with Crippen LogP contribution < -0.4 is 15.8 Å². The average Bonchev–Trinajstić information content (AvgIpc) is 3.25. The first kappa shape index (κ1) is 31.2. The van der Waals surface area contributed by atoms with Gasteiger partial charge in [0.1, 0.15) is 12.6 Å². The van der Waals surface area contributed by atoms with Crippen LogP contribution in [-0.4, -0.2) is 45.4 Å². The van der Waals surface area contributed by atoms with E-state index in [-0.39, 0.29) is 24.9 Å². The molecule has 0 bridgehead atoms. The summed E-state index contributed by atoms with van der Waals surface area (Å²) in [6.45, 7) is 12.9. The largest absolute Gasteiger partial charge is 0.449 e. The minimum atomic E-state index is -3.45. The lowest BCUT2D eigenvalue weighted by molar-refractivity contribution is -0.118. The SMILES string of the molecule is CC(=O)[C@@H](CNC(=O)c1ccc([Si](F)(C(C)(C)C)C(C)(C)C)cc1)NC(=O)OCC1c2ccccc2-c2ccccc21. The lowest BCUT2D eigenvalue weighted by Gasteiger charge is -2.44. The normalized spacial score (nSPS) is 14.0. The number of rotatable bonds is 8. The van der Waals surface area contributed by atoms with E-state index in [2.05, 4.69) is 22.8 Å². The van der Waals surface area contributed by atoms with Gasteiger partial charge < -0.3 is 19.5 Å². The van der Waals surface area contributed by atoms with Crippen LogP contribution >= 0.6 is 0 Å². The van der Waals surface area contributed by atoms with E-state index in [1.807, 2.05) is 77.9 Å². The molecule has 0 unspecified atom stereocenters. The standard InChI is InChI=1S/C34H41FN2O4Si/c1-22(38)30(20-36-31(39)23-16-18-24(19-17-23)42(35,33(2,3)4)34(5,6)7)37-32(40)41-21-29-27-14-10-8-12-25(27)26-13-9-11-15-28(26)29/h8-19,29-30H,20-21H2,1-7H3,(H,36,39)(H,37,40)/t30-/m1/s1. The molecule has 0 aliphatic heterocycles. The van der Waals surface area contributed by atoms with Crippen LogP contribution in [0, 0.1) is 0 Å². The monoisotopic (exact) mass is 588 g/mol. The summed E-state index contributed by atoms with van der Waals surface area (Å²) in [7, 11) is -3.45. The van der Waals surface area contributed by atoms with Gasteiger partial charge >= 0.3 is 6.09 Å². The second-order valence-corrected chi connectivity index (χ2v) is 18.0. The molecule has 1 atom stereocenters. The van der Waals surface area contributed by atoms with E-state index in [0.29, 0.717) is 10.8 Å². The van der Waals surface area contributed by atoms with Crippen LogP contribution in [0.2, 0.25) is 10.1 Å². The predicted octanol–water partition coefficient (Wildman–Crippen LogP) is 6.63. The number of ether oxygens (including phenoxy) is 1. The maximum absolute atomic E-state index is 16.6. The van der Waals surface area contributed by atoms with Crippen molar-refractivity contribution in [3.63, 3.8) is 0 Å². The van der Waals surface area contributed by atoms with Crippen molar-refractivity contribution in [3.8, 4) is 11.1 Å². The van der Waals surface area contributed by atoms with Crippen molar-refractivity contribution in [3.05, 3.63) is 89.5 Å². The van der Waals surface area contributed by atoms with Crippen LogP contribution in [0.3, 0.4) is 0 Å². The zero-order valence-electron chi connectivity index (χ0n) is 25.5. The average molecular weight is 589 g/mol. The Morgan fingerprint density at radius 3 is 1.81 bits per heavy atom. The molecule has 0 spiro atoms. The Hall–Kier alpha value is -3.78. The Morgan fingerprint density at radius 1 is 0.833 bits per heavy atom. The summed E-state index contributed by atoms with van der Waals surface area (Å²) in [5.74, 6) is -0.841. The molecule has 222 valence electrons. The quantitative estimate of drug-likeness (QED) is 0.228. The molecule has 2 amide bonds. The van der Waals surface area contributed by atoms with Gasteiger partial charge in [0.2, 0.25) is 0 Å². The first-order chi connectivity index (χ1) is 19.6. The molecule has 3 aromatic rings. The van der Waals surface area contributed by atoms with Crippen LogP contribution in [0.25, 0.3) is 11.1 Å². The fourth-order valence-electron chi connectivity index (χ4n) is 6.22. The van der Waals surface area contributed by atoms with Crippen molar-refractivity contribution >= 4 is 31.4 Å². The van der Waals surface area contributed by atoms with E-state index in [0.717, 1.165) is 22.3 Å². The van der Waals surface area contributed by atoms with Gasteiger partial charge in [0.05, 0.1) is 0 Å². The van der Waals surface area contributed by atoms with Crippen molar-refractivity contribution in [2.75, 3.05) is 13.2 Å². The highest BCUT2D eigenvalue weighted by atomic mass is 28.4. The van der Waals surface area contributed by atoms with Crippen molar-refractivity contribution in [2.24, 2.45) is 0 Å². The molecule has 2 N–H and O–H groups in total. The minimum absolute atomic E-state index is 0.105. The number of halogens is 1. The maximum Gasteiger partial charge on any atom is 0.407 e. The van der Waals surface area contributed by atoms with Gasteiger partial charge in [-0.3, -0.25) is 9.59 Å². The number of amides is 2. The number of nitrogens with one attached hydrogen (secondary N) is 2. The van der Waals surface area contributed by atoms with Gasteiger partial charge in [-0.05, 0) is 56.6 Å². The molecular formula is C34H41FN2O4Si. The second kappa shape index (κ2) is 11.8. The lowest BCUT2D eigenvalue weighted by atomic mass is 9.98. The first-order valence-corrected chi connectivity index (χ1v) is 16.2. The molecule has 0 saturated heterocycles. The molecule has 3 aromatic carbocycles. The summed E-state index contributed by atoms with van der Waals surface area (Å²) in [6, 6.07) is 21.8. The number of ketones is 1. The molecule has 0 fully saturated rings. The Balaban J connectivity index is 1.37. The molecule has 0 aromatic heterocycles. The van der Waals surface area contributed by atoms with Crippen molar-refractivity contribution in [1.29, 1.82) is 0 Å². The highest BCUT2D eigenvalue weighted by molar-refractivity contribution is 6.90. The van der Waals surface area contributed by atoms with Crippen LogP contribution in [0.5, 0.6) is 0 Å². The predicted molar refractivity (Wildman–Crippen MR) is 167 cm³/mol. The van der Waals surface area contributed by atoms with Gasteiger partial charge in [-0.15, -0.1) is 0 Å². The summed E-state index contributed by atoms with van der Waals surface area (Å²) in [5.41, 5.74) is 4.77. The number of hydrogen-bond donors (Lipinski definition) is 2. The number of carbonyl (C=O) groups excluding carboxylic acids is 3. The molecule has 42 heavy (non-hydrogen) atoms. The molecular weight excluding hydrogens is 547 g/mol. The molecule has 0 saturated carbocycles. The summed E-state index contributed by atoms with van der Waals surface area (Å²) in [5, 5.41) is 4.87.